The maximum atomic E-state index is 6.51. The molecule has 0 amide bonds. The van der Waals surface area contributed by atoms with Crippen LogP contribution in [-0.2, 0) is 0 Å². The van der Waals surface area contributed by atoms with Crippen LogP contribution >= 0.6 is 15.9 Å². The molecule has 1 aromatic carbocycles. The van der Waals surface area contributed by atoms with E-state index in [0.29, 0.717) is 5.92 Å². The summed E-state index contributed by atoms with van der Waals surface area (Å²) >= 11 is 3.62. The second kappa shape index (κ2) is 6.48. The van der Waals surface area contributed by atoms with Crippen LogP contribution in [0, 0.1) is 25.2 Å². The molecule has 3 heteroatoms. The summed E-state index contributed by atoms with van der Waals surface area (Å²) in [5.74, 6) is 1.47. The lowest BCUT2D eigenvalue weighted by atomic mass is 9.77. The molecule has 0 bridgehead atoms. The third-order valence-corrected chi connectivity index (χ3v) is 5.19. The van der Waals surface area contributed by atoms with E-state index in [-0.39, 0.29) is 11.5 Å². The van der Waals surface area contributed by atoms with Gasteiger partial charge in [0.05, 0.1) is 7.11 Å². The zero-order valence-corrected chi connectivity index (χ0v) is 15.4. The molecule has 0 aliphatic rings. The Kier molecular flexibility index (Phi) is 5.68. The lowest BCUT2D eigenvalue weighted by molar-refractivity contribution is 0.232. The van der Waals surface area contributed by atoms with Gasteiger partial charge in [0.15, 0.2) is 0 Å². The Morgan fingerprint density at radius 3 is 2.30 bits per heavy atom. The fraction of sp³-hybridized carbons (Fsp3) is 0.647. The van der Waals surface area contributed by atoms with Crippen LogP contribution in [0.1, 0.15) is 56.8 Å². The van der Waals surface area contributed by atoms with E-state index in [4.69, 9.17) is 10.5 Å². The van der Waals surface area contributed by atoms with Crippen LogP contribution in [-0.4, -0.2) is 7.11 Å². The zero-order valence-electron chi connectivity index (χ0n) is 13.8. The molecule has 114 valence electrons. The topological polar surface area (TPSA) is 35.2 Å². The molecule has 0 heterocycles. The lowest BCUT2D eigenvalue weighted by Gasteiger charge is -2.31. The molecular weight excluding hydrogens is 314 g/mol. The zero-order chi connectivity index (χ0) is 15.7. The summed E-state index contributed by atoms with van der Waals surface area (Å²) in [5.41, 5.74) is 10.2. The number of nitrogens with two attached hydrogens (primary N) is 1. The highest BCUT2D eigenvalue weighted by atomic mass is 79.9. The summed E-state index contributed by atoms with van der Waals surface area (Å²) in [7, 11) is 1.72. The van der Waals surface area contributed by atoms with E-state index in [0.717, 1.165) is 27.8 Å². The average molecular weight is 342 g/mol. The molecule has 1 aromatic rings. The maximum absolute atomic E-state index is 6.51. The van der Waals surface area contributed by atoms with Crippen molar-refractivity contribution in [1.82, 2.24) is 0 Å². The van der Waals surface area contributed by atoms with Gasteiger partial charge in [0.25, 0.3) is 0 Å². The van der Waals surface area contributed by atoms with Crippen molar-refractivity contribution in [3.63, 3.8) is 0 Å². The average Bonchev–Trinajstić information content (AvgIpc) is 2.31. The van der Waals surface area contributed by atoms with Gasteiger partial charge >= 0.3 is 0 Å². The Bertz CT molecular complexity index is 477. The Balaban J connectivity index is 3.18. The first-order valence-electron chi connectivity index (χ1n) is 7.18. The summed E-state index contributed by atoms with van der Waals surface area (Å²) < 4.78 is 6.70. The van der Waals surface area contributed by atoms with Gasteiger partial charge in [-0.15, -0.1) is 0 Å². The fourth-order valence-corrected chi connectivity index (χ4v) is 3.00. The van der Waals surface area contributed by atoms with Crippen LogP contribution in [0.3, 0.4) is 0 Å². The van der Waals surface area contributed by atoms with Crippen LogP contribution < -0.4 is 10.5 Å². The first-order valence-corrected chi connectivity index (χ1v) is 7.98. The molecule has 2 unspecified atom stereocenters. The molecule has 2 nitrogen and oxygen atoms in total. The van der Waals surface area contributed by atoms with Gasteiger partial charge in [0.1, 0.15) is 5.75 Å². The van der Waals surface area contributed by atoms with Crippen molar-refractivity contribution in [2.24, 2.45) is 17.1 Å². The Morgan fingerprint density at radius 2 is 1.85 bits per heavy atom. The molecule has 2 N–H and O–H groups in total. The normalized spacial score (nSPS) is 15.1. The van der Waals surface area contributed by atoms with E-state index in [1.165, 1.54) is 5.56 Å². The smallest absolute Gasteiger partial charge is 0.126 e. The predicted molar refractivity (Wildman–Crippen MR) is 90.3 cm³/mol. The van der Waals surface area contributed by atoms with Crippen LogP contribution in [0.25, 0.3) is 0 Å². The predicted octanol–water partition coefficient (Wildman–Crippen LogP) is 5.15. The van der Waals surface area contributed by atoms with Gasteiger partial charge in [-0.3, -0.25) is 0 Å². The molecule has 0 spiro atoms. The SMILES string of the molecule is COc1c(C)cc(Br)c(C)c1C(N)CC(C)C(C)(C)C. The van der Waals surface area contributed by atoms with Gasteiger partial charge in [0.2, 0.25) is 0 Å². The fourth-order valence-electron chi connectivity index (χ4n) is 2.44. The van der Waals surface area contributed by atoms with E-state index in [2.05, 4.69) is 63.5 Å². The molecule has 0 aliphatic heterocycles. The minimum atomic E-state index is -0.00428. The van der Waals surface area contributed by atoms with Crippen molar-refractivity contribution in [1.29, 1.82) is 0 Å². The Hall–Kier alpha value is -0.540. The third-order valence-electron chi connectivity index (χ3n) is 4.37. The number of hydrogen-bond donors (Lipinski definition) is 1. The largest absolute Gasteiger partial charge is 0.496 e. The molecule has 20 heavy (non-hydrogen) atoms. The van der Waals surface area contributed by atoms with Gasteiger partial charge in [-0.05, 0) is 48.8 Å². The quantitative estimate of drug-likeness (QED) is 0.822. The van der Waals surface area contributed by atoms with Crippen molar-refractivity contribution in [3.05, 3.63) is 27.2 Å². The molecule has 0 aliphatic carbocycles. The minimum Gasteiger partial charge on any atom is -0.496 e. The first kappa shape index (κ1) is 17.5. The van der Waals surface area contributed by atoms with Crippen LogP contribution in [0.2, 0.25) is 0 Å². The molecule has 0 aromatic heterocycles. The van der Waals surface area contributed by atoms with Crippen LogP contribution in [0.4, 0.5) is 0 Å². The highest BCUT2D eigenvalue weighted by Crippen LogP contribution is 2.39. The van der Waals surface area contributed by atoms with E-state index >= 15 is 0 Å². The van der Waals surface area contributed by atoms with Crippen molar-refractivity contribution < 1.29 is 4.74 Å². The van der Waals surface area contributed by atoms with Gasteiger partial charge in [-0.1, -0.05) is 43.6 Å². The van der Waals surface area contributed by atoms with Crippen molar-refractivity contribution in [3.8, 4) is 5.75 Å². The van der Waals surface area contributed by atoms with E-state index in [1.807, 2.05) is 0 Å². The van der Waals surface area contributed by atoms with E-state index in [9.17, 15) is 0 Å². The lowest BCUT2D eigenvalue weighted by Crippen LogP contribution is -2.24. The summed E-state index contributed by atoms with van der Waals surface area (Å²) in [6, 6.07) is 2.09. The van der Waals surface area contributed by atoms with Crippen LogP contribution in [0.15, 0.2) is 10.5 Å². The Morgan fingerprint density at radius 1 is 1.30 bits per heavy atom. The van der Waals surface area contributed by atoms with Gasteiger partial charge in [0, 0.05) is 16.1 Å². The van der Waals surface area contributed by atoms with Gasteiger partial charge < -0.3 is 10.5 Å². The van der Waals surface area contributed by atoms with Crippen molar-refractivity contribution in [2.75, 3.05) is 7.11 Å². The molecule has 2 atom stereocenters. The maximum Gasteiger partial charge on any atom is 0.126 e. The standard InChI is InChI=1S/C17H28BrNO/c1-10-8-13(18)12(3)15(16(10)20-7)14(19)9-11(2)17(4,5)6/h8,11,14H,9,19H2,1-7H3. The summed E-state index contributed by atoms with van der Waals surface area (Å²) in [6.07, 6.45) is 0.955. The first-order chi connectivity index (χ1) is 9.09. The van der Waals surface area contributed by atoms with Crippen LogP contribution in [0.5, 0.6) is 5.75 Å². The monoisotopic (exact) mass is 341 g/mol. The third kappa shape index (κ3) is 3.76. The summed E-state index contributed by atoms with van der Waals surface area (Å²) in [4.78, 5) is 0. The van der Waals surface area contributed by atoms with Crippen molar-refractivity contribution in [2.45, 2.75) is 54.0 Å². The number of ether oxygens (including phenoxy) is 1. The summed E-state index contributed by atoms with van der Waals surface area (Å²) in [6.45, 7) is 13.2. The molecule has 0 saturated heterocycles. The number of hydrogen-bond acceptors (Lipinski definition) is 2. The molecular formula is C17H28BrNO. The minimum absolute atomic E-state index is 0.00428. The second-order valence-corrected chi connectivity index (χ2v) is 7.71. The molecule has 0 radical (unpaired) electrons. The molecule has 1 rings (SSSR count). The highest BCUT2D eigenvalue weighted by molar-refractivity contribution is 9.10. The molecule has 0 fully saturated rings. The molecule has 0 saturated carbocycles. The second-order valence-electron chi connectivity index (χ2n) is 6.86. The highest BCUT2D eigenvalue weighted by Gasteiger charge is 2.26. The van der Waals surface area contributed by atoms with Gasteiger partial charge in [-0.25, -0.2) is 0 Å². The number of benzene rings is 1. The number of aryl methyl sites for hydroxylation is 1. The van der Waals surface area contributed by atoms with Gasteiger partial charge in [-0.2, -0.15) is 0 Å². The number of halogens is 1. The van der Waals surface area contributed by atoms with Crippen molar-refractivity contribution >= 4 is 15.9 Å². The summed E-state index contributed by atoms with van der Waals surface area (Å²) in [5, 5.41) is 0. The van der Waals surface area contributed by atoms with E-state index in [1.54, 1.807) is 7.11 Å². The number of methoxy groups -OCH3 is 1. The van der Waals surface area contributed by atoms with E-state index < -0.39 is 0 Å². The number of rotatable bonds is 4. The Labute approximate surface area is 132 Å².